The van der Waals surface area contributed by atoms with Crippen molar-refractivity contribution in [3.8, 4) is 0 Å². The van der Waals surface area contributed by atoms with Crippen LogP contribution < -0.4 is 10.9 Å². The van der Waals surface area contributed by atoms with Crippen molar-refractivity contribution in [2.75, 3.05) is 11.9 Å². The van der Waals surface area contributed by atoms with Crippen LogP contribution in [0.4, 0.5) is 10.1 Å². The number of thiophene rings is 1. The first-order valence-electron chi connectivity index (χ1n) is 8.23. The number of aromatic amines is 1. The standard InChI is InChI=1S/C18H17ClFN3O3S/c1-4-26-18(25)14-8(2)13-16(24)22-15(23-17(13)27-14)9(3)21-10-5-6-12(20)11(19)7-10/h5-7,9,21H,4H2,1-3H3,(H,22,23,24)/t9-/m0/s1. The molecule has 27 heavy (non-hydrogen) atoms. The Morgan fingerprint density at radius 2 is 2.22 bits per heavy atom. The summed E-state index contributed by atoms with van der Waals surface area (Å²) in [5.41, 5.74) is 0.816. The molecule has 0 amide bonds. The molecule has 3 rings (SSSR count). The third-order valence-electron chi connectivity index (χ3n) is 3.99. The van der Waals surface area contributed by atoms with Crippen molar-refractivity contribution >= 4 is 44.8 Å². The minimum atomic E-state index is -0.511. The number of hydrogen-bond donors (Lipinski definition) is 2. The molecule has 0 unspecified atom stereocenters. The second-order valence-electron chi connectivity index (χ2n) is 5.90. The minimum Gasteiger partial charge on any atom is -0.462 e. The molecule has 0 saturated heterocycles. The maximum atomic E-state index is 13.3. The molecule has 142 valence electrons. The zero-order valence-electron chi connectivity index (χ0n) is 14.9. The van der Waals surface area contributed by atoms with Crippen LogP contribution >= 0.6 is 22.9 Å². The van der Waals surface area contributed by atoms with E-state index in [4.69, 9.17) is 16.3 Å². The lowest BCUT2D eigenvalue weighted by atomic mass is 10.2. The van der Waals surface area contributed by atoms with E-state index < -0.39 is 11.8 Å². The minimum absolute atomic E-state index is 0.00272. The Morgan fingerprint density at radius 1 is 1.48 bits per heavy atom. The summed E-state index contributed by atoms with van der Waals surface area (Å²) in [6, 6.07) is 3.88. The Labute approximate surface area is 163 Å². The number of ether oxygens (including phenoxy) is 1. The summed E-state index contributed by atoms with van der Waals surface area (Å²) in [4.78, 5) is 32.6. The molecular formula is C18H17ClFN3O3S. The van der Waals surface area contributed by atoms with Crippen LogP contribution in [0.15, 0.2) is 23.0 Å². The van der Waals surface area contributed by atoms with Gasteiger partial charge in [0.2, 0.25) is 0 Å². The van der Waals surface area contributed by atoms with E-state index in [0.29, 0.717) is 32.2 Å². The number of carbonyl (C=O) groups is 1. The van der Waals surface area contributed by atoms with Gasteiger partial charge in [0.15, 0.2) is 0 Å². The fourth-order valence-corrected chi connectivity index (χ4v) is 3.92. The van der Waals surface area contributed by atoms with Gasteiger partial charge in [-0.25, -0.2) is 14.2 Å². The molecule has 0 radical (unpaired) electrons. The molecule has 0 aliphatic heterocycles. The second kappa shape index (κ2) is 7.66. The summed E-state index contributed by atoms with van der Waals surface area (Å²) in [7, 11) is 0. The van der Waals surface area contributed by atoms with Crippen LogP contribution in [0.3, 0.4) is 0 Å². The SMILES string of the molecule is CCOC(=O)c1sc2nc([C@H](C)Nc3ccc(F)c(Cl)c3)[nH]c(=O)c2c1C. The number of carbonyl (C=O) groups excluding carboxylic acids is 1. The summed E-state index contributed by atoms with van der Waals surface area (Å²) in [5, 5.41) is 3.49. The second-order valence-corrected chi connectivity index (χ2v) is 7.31. The van der Waals surface area contributed by atoms with Crippen molar-refractivity contribution in [2.45, 2.75) is 26.8 Å². The molecule has 0 aliphatic rings. The summed E-state index contributed by atoms with van der Waals surface area (Å²) in [6.07, 6.45) is 0. The third-order valence-corrected chi connectivity index (χ3v) is 5.45. The van der Waals surface area contributed by atoms with Gasteiger partial charge in [0.1, 0.15) is 21.3 Å². The first kappa shape index (κ1) is 19.3. The van der Waals surface area contributed by atoms with E-state index in [2.05, 4.69) is 15.3 Å². The van der Waals surface area contributed by atoms with Crippen molar-refractivity contribution in [1.29, 1.82) is 0 Å². The highest BCUT2D eigenvalue weighted by molar-refractivity contribution is 7.20. The Kier molecular flexibility index (Phi) is 5.48. The molecule has 0 fully saturated rings. The summed E-state index contributed by atoms with van der Waals surface area (Å²) in [6.45, 7) is 5.47. The molecule has 6 nitrogen and oxygen atoms in total. The number of nitrogens with zero attached hydrogens (tertiary/aromatic N) is 1. The summed E-state index contributed by atoms with van der Waals surface area (Å²) < 4.78 is 18.3. The number of nitrogens with one attached hydrogen (secondary N) is 2. The number of halogens is 2. The molecular weight excluding hydrogens is 393 g/mol. The predicted octanol–water partition coefficient (Wildman–Crippen LogP) is 4.44. The number of aromatic nitrogens is 2. The molecule has 3 aromatic rings. The number of hydrogen-bond acceptors (Lipinski definition) is 6. The van der Waals surface area contributed by atoms with Gasteiger partial charge in [0, 0.05) is 5.69 Å². The van der Waals surface area contributed by atoms with Gasteiger partial charge in [-0.1, -0.05) is 11.6 Å². The Morgan fingerprint density at radius 3 is 2.89 bits per heavy atom. The van der Waals surface area contributed by atoms with Gasteiger partial charge in [-0.3, -0.25) is 4.79 Å². The van der Waals surface area contributed by atoms with Crippen LogP contribution in [0.2, 0.25) is 5.02 Å². The van der Waals surface area contributed by atoms with Gasteiger partial charge >= 0.3 is 5.97 Å². The Hall–Kier alpha value is -2.45. The van der Waals surface area contributed by atoms with Crippen LogP contribution in [-0.4, -0.2) is 22.5 Å². The highest BCUT2D eigenvalue weighted by Gasteiger charge is 2.21. The largest absolute Gasteiger partial charge is 0.462 e. The number of esters is 1. The number of rotatable bonds is 5. The van der Waals surface area contributed by atoms with Gasteiger partial charge < -0.3 is 15.0 Å². The fourth-order valence-electron chi connectivity index (χ4n) is 2.66. The van der Waals surface area contributed by atoms with E-state index in [1.54, 1.807) is 26.8 Å². The number of anilines is 1. The van der Waals surface area contributed by atoms with Crippen LogP contribution in [0.1, 0.15) is 40.9 Å². The van der Waals surface area contributed by atoms with Crippen molar-refractivity contribution in [1.82, 2.24) is 9.97 Å². The van der Waals surface area contributed by atoms with Gasteiger partial charge in [-0.2, -0.15) is 0 Å². The molecule has 0 spiro atoms. The third kappa shape index (κ3) is 3.81. The summed E-state index contributed by atoms with van der Waals surface area (Å²) in [5.74, 6) is -0.584. The lowest BCUT2D eigenvalue weighted by Crippen LogP contribution is -2.17. The smallest absolute Gasteiger partial charge is 0.348 e. The molecule has 0 aliphatic carbocycles. The fraction of sp³-hybridized carbons (Fsp3) is 0.278. The Balaban J connectivity index is 1.96. The van der Waals surface area contributed by atoms with Crippen LogP contribution in [0.25, 0.3) is 10.2 Å². The zero-order chi connectivity index (χ0) is 19.7. The number of H-pyrrole nitrogens is 1. The van der Waals surface area contributed by atoms with Crippen molar-refractivity contribution in [2.24, 2.45) is 0 Å². The average molecular weight is 410 g/mol. The van der Waals surface area contributed by atoms with Crippen LogP contribution in [-0.2, 0) is 4.74 Å². The molecule has 0 saturated carbocycles. The van der Waals surface area contributed by atoms with Gasteiger partial charge in [-0.15, -0.1) is 11.3 Å². The van der Waals surface area contributed by atoms with Gasteiger partial charge in [0.05, 0.1) is 23.1 Å². The van der Waals surface area contributed by atoms with E-state index in [1.165, 1.54) is 12.1 Å². The Bertz CT molecular complexity index is 1080. The van der Waals surface area contributed by atoms with Crippen molar-refractivity contribution in [3.63, 3.8) is 0 Å². The topological polar surface area (TPSA) is 84.1 Å². The average Bonchev–Trinajstić information content (AvgIpc) is 2.95. The maximum Gasteiger partial charge on any atom is 0.348 e. The van der Waals surface area contributed by atoms with Crippen molar-refractivity contribution in [3.05, 3.63) is 55.7 Å². The van der Waals surface area contributed by atoms with Crippen LogP contribution in [0, 0.1) is 12.7 Å². The molecule has 0 bridgehead atoms. The van der Waals surface area contributed by atoms with E-state index in [9.17, 15) is 14.0 Å². The van der Waals surface area contributed by atoms with Gasteiger partial charge in [-0.05, 0) is 44.5 Å². The first-order valence-corrected chi connectivity index (χ1v) is 9.43. The molecule has 1 atom stereocenters. The monoisotopic (exact) mass is 409 g/mol. The molecule has 2 N–H and O–H groups in total. The number of aryl methyl sites for hydroxylation is 1. The van der Waals surface area contributed by atoms with E-state index >= 15 is 0 Å². The normalized spacial score (nSPS) is 12.2. The first-order chi connectivity index (χ1) is 12.8. The van der Waals surface area contributed by atoms with Gasteiger partial charge in [0.25, 0.3) is 5.56 Å². The zero-order valence-corrected chi connectivity index (χ0v) is 16.4. The number of fused-ring (bicyclic) bond motifs is 1. The maximum absolute atomic E-state index is 13.3. The van der Waals surface area contributed by atoms with E-state index in [-0.39, 0.29) is 23.2 Å². The molecule has 2 aromatic heterocycles. The van der Waals surface area contributed by atoms with Crippen LogP contribution in [0.5, 0.6) is 0 Å². The quantitative estimate of drug-likeness (QED) is 0.609. The highest BCUT2D eigenvalue weighted by atomic mass is 35.5. The number of benzene rings is 1. The lowest BCUT2D eigenvalue weighted by molar-refractivity contribution is 0.0531. The van der Waals surface area contributed by atoms with E-state index in [0.717, 1.165) is 11.3 Å². The molecule has 9 heteroatoms. The highest BCUT2D eigenvalue weighted by Crippen LogP contribution is 2.29. The summed E-state index contributed by atoms with van der Waals surface area (Å²) >= 11 is 6.92. The van der Waals surface area contributed by atoms with E-state index in [1.807, 2.05) is 0 Å². The molecule has 1 aromatic carbocycles. The molecule has 2 heterocycles. The predicted molar refractivity (Wildman–Crippen MR) is 104 cm³/mol. The van der Waals surface area contributed by atoms with Crippen molar-refractivity contribution < 1.29 is 13.9 Å². The lowest BCUT2D eigenvalue weighted by Gasteiger charge is -2.14.